The number of benzene rings is 1. The van der Waals surface area contributed by atoms with Gasteiger partial charge in [0.1, 0.15) is 0 Å². The van der Waals surface area contributed by atoms with Crippen LogP contribution in [0.3, 0.4) is 0 Å². The summed E-state index contributed by atoms with van der Waals surface area (Å²) in [5.41, 5.74) is 2.18. The number of rotatable bonds is 7. The number of nitrogens with zero attached hydrogens (tertiary/aromatic N) is 3. The smallest absolute Gasteiger partial charge is 0.225 e. The van der Waals surface area contributed by atoms with Crippen LogP contribution in [-0.4, -0.2) is 30.3 Å². The minimum absolute atomic E-state index is 0.502. The summed E-state index contributed by atoms with van der Waals surface area (Å²) < 4.78 is 3.34. The Hall–Kier alpha value is -2.27. The van der Waals surface area contributed by atoms with Crippen molar-refractivity contribution < 1.29 is 0 Å². The Morgan fingerprint density at radius 1 is 1.36 bits per heavy atom. The average Bonchev–Trinajstić information content (AvgIpc) is 3.13. The minimum Gasteiger partial charge on any atom is -0.295 e. The van der Waals surface area contributed by atoms with E-state index in [0.717, 1.165) is 41.5 Å². The maximum atomic E-state index is 4.54. The molecule has 0 fully saturated rings. The maximum absolute atomic E-state index is 4.54. The van der Waals surface area contributed by atoms with Gasteiger partial charge >= 0.3 is 0 Å². The van der Waals surface area contributed by atoms with Crippen LogP contribution in [0.5, 0.6) is 0 Å². The minimum atomic E-state index is 0.502. The Balaban J connectivity index is 2.00. The topological polar surface area (TPSA) is 40.0 Å². The fourth-order valence-electron chi connectivity index (χ4n) is 2.41. The molecule has 132 valence electrons. The highest BCUT2D eigenvalue weighted by Gasteiger charge is 2.20. The summed E-state index contributed by atoms with van der Waals surface area (Å²) in [5.74, 6) is 1.31. The van der Waals surface area contributed by atoms with E-state index in [4.69, 9.17) is 0 Å². The van der Waals surface area contributed by atoms with Crippen LogP contribution in [0.4, 0.5) is 0 Å². The molecule has 1 aliphatic heterocycles. The number of guanidine groups is 1. The van der Waals surface area contributed by atoms with Gasteiger partial charge in [-0.2, -0.15) is 5.10 Å². The zero-order chi connectivity index (χ0) is 18.1. The highest BCUT2D eigenvalue weighted by atomic mass is 32.2. The Morgan fingerprint density at radius 3 is 2.68 bits per heavy atom. The second-order valence-electron chi connectivity index (χ2n) is 5.60. The van der Waals surface area contributed by atoms with E-state index in [0.29, 0.717) is 5.92 Å². The summed E-state index contributed by atoms with van der Waals surface area (Å²) in [7, 11) is 0. The molecule has 2 rings (SSSR count). The zero-order valence-corrected chi connectivity index (χ0v) is 15.8. The Morgan fingerprint density at radius 2 is 2.12 bits per heavy atom. The van der Waals surface area contributed by atoms with Gasteiger partial charge in [0.05, 0.1) is 6.54 Å². The zero-order valence-electron chi connectivity index (χ0n) is 15.0. The molecular formula is C20H26N4S. The van der Waals surface area contributed by atoms with Crippen LogP contribution in [0.25, 0.3) is 5.57 Å². The highest BCUT2D eigenvalue weighted by molar-refractivity contribution is 7.98. The lowest BCUT2D eigenvalue weighted by atomic mass is 10.1. The maximum Gasteiger partial charge on any atom is 0.225 e. The molecule has 1 aromatic rings. The van der Waals surface area contributed by atoms with Gasteiger partial charge < -0.3 is 0 Å². The van der Waals surface area contributed by atoms with Gasteiger partial charge in [-0.05, 0) is 48.6 Å². The van der Waals surface area contributed by atoms with E-state index < -0.39 is 0 Å². The fourth-order valence-corrected chi connectivity index (χ4v) is 3.06. The van der Waals surface area contributed by atoms with Gasteiger partial charge in [0, 0.05) is 23.6 Å². The van der Waals surface area contributed by atoms with E-state index in [1.807, 2.05) is 30.3 Å². The second kappa shape index (κ2) is 9.89. The molecule has 0 bridgehead atoms. The third-order valence-corrected chi connectivity index (χ3v) is 4.66. The summed E-state index contributed by atoms with van der Waals surface area (Å²) in [6.45, 7) is 13.4. The van der Waals surface area contributed by atoms with Gasteiger partial charge in [0.25, 0.3) is 0 Å². The van der Waals surface area contributed by atoms with Crippen molar-refractivity contribution in [1.29, 1.82) is 0 Å². The lowest BCUT2D eigenvalue weighted by Gasteiger charge is -2.18. The lowest BCUT2D eigenvalue weighted by Crippen LogP contribution is -2.34. The van der Waals surface area contributed by atoms with Crippen molar-refractivity contribution in [2.75, 3.05) is 13.1 Å². The highest BCUT2D eigenvalue weighted by Crippen LogP contribution is 2.21. The van der Waals surface area contributed by atoms with E-state index in [9.17, 15) is 0 Å². The van der Waals surface area contributed by atoms with Gasteiger partial charge in [-0.1, -0.05) is 50.4 Å². The lowest BCUT2D eigenvalue weighted by molar-refractivity contribution is 0.431. The number of allylic oxidation sites excluding steroid dienone is 4. The van der Waals surface area contributed by atoms with Gasteiger partial charge in [-0.15, -0.1) is 0 Å². The molecule has 4 nitrogen and oxygen atoms in total. The van der Waals surface area contributed by atoms with Crippen molar-refractivity contribution in [1.82, 2.24) is 9.73 Å². The van der Waals surface area contributed by atoms with Gasteiger partial charge in [0.15, 0.2) is 0 Å². The van der Waals surface area contributed by atoms with Gasteiger partial charge in [0.2, 0.25) is 5.96 Å². The van der Waals surface area contributed by atoms with Crippen LogP contribution < -0.4 is 4.72 Å². The number of aliphatic imine (C=N–C) groups is 1. The second-order valence-corrected chi connectivity index (χ2v) is 6.48. The molecule has 25 heavy (non-hydrogen) atoms. The molecule has 0 amide bonds. The van der Waals surface area contributed by atoms with E-state index in [2.05, 4.69) is 59.2 Å². The molecule has 0 aliphatic carbocycles. The van der Waals surface area contributed by atoms with E-state index >= 15 is 0 Å². The number of hydrogen-bond acceptors (Lipinski definition) is 3. The van der Waals surface area contributed by atoms with Crippen LogP contribution in [0, 0.1) is 5.92 Å². The standard InChI is InChI=1S/C20H26N4S/c1-5-9-17(7-3)18-10-12-19(13-11-18)25-23-20(21-8-4)24-15-16(6-2)14-22-24/h5,7,9-14,16H,1,3,6,8,15H2,2,4H3,(H,21,23)/b17-9+. The predicted octanol–water partition coefficient (Wildman–Crippen LogP) is 4.74. The van der Waals surface area contributed by atoms with E-state index in [1.165, 1.54) is 0 Å². The Kier molecular flexibility index (Phi) is 7.54. The molecule has 1 atom stereocenters. The summed E-state index contributed by atoms with van der Waals surface area (Å²) in [5, 5.41) is 6.41. The quantitative estimate of drug-likeness (QED) is 0.333. The molecule has 1 heterocycles. The molecular weight excluding hydrogens is 328 g/mol. The average molecular weight is 355 g/mol. The molecule has 1 aliphatic rings. The third kappa shape index (κ3) is 5.36. The van der Waals surface area contributed by atoms with Crippen LogP contribution in [0.1, 0.15) is 25.8 Å². The van der Waals surface area contributed by atoms with Crippen molar-refractivity contribution in [3.8, 4) is 0 Å². The summed E-state index contributed by atoms with van der Waals surface area (Å²) in [4.78, 5) is 5.65. The third-order valence-electron chi connectivity index (χ3n) is 3.87. The van der Waals surface area contributed by atoms with Crippen LogP contribution in [0.15, 0.2) is 70.6 Å². The summed E-state index contributed by atoms with van der Waals surface area (Å²) in [6.07, 6.45) is 8.67. The normalized spacial score (nSPS) is 17.7. The van der Waals surface area contributed by atoms with Crippen LogP contribution in [0.2, 0.25) is 0 Å². The van der Waals surface area contributed by atoms with Crippen molar-refractivity contribution >= 4 is 29.7 Å². The Labute approximate surface area is 155 Å². The SMILES string of the molecule is C=C/C=C(\C=C)c1ccc(SNC(=NCC)N2CC(CC)C=N2)cc1. The summed E-state index contributed by atoms with van der Waals surface area (Å²) >= 11 is 1.54. The first-order valence-corrected chi connectivity index (χ1v) is 9.38. The monoisotopic (exact) mass is 354 g/mol. The van der Waals surface area contributed by atoms with Gasteiger partial charge in [-0.25, -0.2) is 5.01 Å². The fraction of sp³-hybridized carbons (Fsp3) is 0.300. The van der Waals surface area contributed by atoms with Crippen LogP contribution >= 0.6 is 11.9 Å². The van der Waals surface area contributed by atoms with Crippen LogP contribution in [-0.2, 0) is 0 Å². The molecule has 5 heteroatoms. The van der Waals surface area contributed by atoms with Gasteiger partial charge in [-0.3, -0.25) is 9.71 Å². The first-order valence-electron chi connectivity index (χ1n) is 8.56. The summed E-state index contributed by atoms with van der Waals surface area (Å²) in [6, 6.07) is 8.33. The molecule has 0 spiro atoms. The predicted molar refractivity (Wildman–Crippen MR) is 111 cm³/mol. The first kappa shape index (κ1) is 19.1. The van der Waals surface area contributed by atoms with E-state index in [1.54, 1.807) is 18.0 Å². The molecule has 1 aromatic carbocycles. The molecule has 1 N–H and O–H groups in total. The van der Waals surface area contributed by atoms with Crippen molar-refractivity contribution in [2.24, 2.45) is 16.0 Å². The Bertz CT molecular complexity index is 673. The van der Waals surface area contributed by atoms with Crippen molar-refractivity contribution in [3.63, 3.8) is 0 Å². The first-order chi connectivity index (χ1) is 12.2. The largest absolute Gasteiger partial charge is 0.295 e. The van der Waals surface area contributed by atoms with E-state index in [-0.39, 0.29) is 0 Å². The number of nitrogens with one attached hydrogen (secondary N) is 1. The van der Waals surface area contributed by atoms with Crippen molar-refractivity contribution in [2.45, 2.75) is 25.2 Å². The molecule has 0 saturated carbocycles. The number of hydrazone groups is 1. The van der Waals surface area contributed by atoms with Crippen molar-refractivity contribution in [3.05, 3.63) is 61.2 Å². The molecule has 1 unspecified atom stereocenters. The molecule has 0 saturated heterocycles. The molecule has 0 radical (unpaired) electrons. The number of hydrogen-bond donors (Lipinski definition) is 1. The molecule has 0 aromatic heterocycles.